The topological polar surface area (TPSA) is 66.5 Å². The van der Waals surface area contributed by atoms with Gasteiger partial charge in [0.05, 0.1) is 11.9 Å². The molecule has 1 N–H and O–H groups in total. The third-order valence-corrected chi connectivity index (χ3v) is 4.79. The van der Waals surface area contributed by atoms with Crippen molar-refractivity contribution < 1.29 is 22.0 Å². The van der Waals surface area contributed by atoms with Crippen LogP contribution >= 0.6 is 0 Å². The molecule has 2 aromatic carbocycles. The summed E-state index contributed by atoms with van der Waals surface area (Å²) in [5.74, 6) is -1.42. The lowest BCUT2D eigenvalue weighted by Crippen LogP contribution is -2.47. The lowest BCUT2D eigenvalue weighted by atomic mass is 10.2. The van der Waals surface area contributed by atoms with Crippen LogP contribution in [0.1, 0.15) is 12.5 Å². The molecule has 25 heavy (non-hydrogen) atoms. The zero-order valence-electron chi connectivity index (χ0n) is 13.7. The van der Waals surface area contributed by atoms with Crippen LogP contribution in [0, 0.1) is 11.6 Å². The zero-order chi connectivity index (χ0) is 18.6. The predicted molar refractivity (Wildman–Crippen MR) is 91.4 cm³/mol. The summed E-state index contributed by atoms with van der Waals surface area (Å²) in [5, 5.41) is 2.61. The number of anilines is 1. The molecule has 0 spiro atoms. The molecule has 0 aromatic heterocycles. The highest BCUT2D eigenvalue weighted by Crippen LogP contribution is 2.21. The van der Waals surface area contributed by atoms with Crippen molar-refractivity contribution in [1.29, 1.82) is 0 Å². The highest BCUT2D eigenvalue weighted by molar-refractivity contribution is 7.92. The standard InChI is InChI=1S/C17H18F2N2O3S/c1-12(17(22)20-11-13-3-5-14(18)6-4-13)21(25(2,23)24)16-9-7-15(19)8-10-16/h3-10,12H,11H2,1-2H3,(H,20,22). The fourth-order valence-electron chi connectivity index (χ4n) is 2.34. The molecule has 0 aliphatic heterocycles. The summed E-state index contributed by atoms with van der Waals surface area (Å²) in [4.78, 5) is 12.3. The zero-order valence-corrected chi connectivity index (χ0v) is 14.6. The smallest absolute Gasteiger partial charge is 0.243 e. The molecular formula is C17H18F2N2O3S. The van der Waals surface area contributed by atoms with Crippen LogP contribution in [0.2, 0.25) is 0 Å². The van der Waals surface area contributed by atoms with Gasteiger partial charge in [-0.3, -0.25) is 9.10 Å². The van der Waals surface area contributed by atoms with Crippen molar-refractivity contribution in [2.24, 2.45) is 0 Å². The molecule has 0 fully saturated rings. The minimum absolute atomic E-state index is 0.129. The van der Waals surface area contributed by atoms with Crippen molar-refractivity contribution in [1.82, 2.24) is 5.32 Å². The maximum absolute atomic E-state index is 13.1. The number of nitrogens with zero attached hydrogens (tertiary/aromatic N) is 1. The van der Waals surface area contributed by atoms with E-state index in [1.54, 1.807) is 0 Å². The first-order chi connectivity index (χ1) is 11.7. The van der Waals surface area contributed by atoms with Gasteiger partial charge in [-0.25, -0.2) is 17.2 Å². The molecule has 0 aliphatic carbocycles. The normalized spacial score (nSPS) is 12.5. The van der Waals surface area contributed by atoms with E-state index in [-0.39, 0.29) is 18.0 Å². The van der Waals surface area contributed by atoms with Gasteiger partial charge in [-0.15, -0.1) is 0 Å². The molecule has 1 unspecified atom stereocenters. The van der Waals surface area contributed by atoms with Gasteiger partial charge in [0.1, 0.15) is 17.7 Å². The highest BCUT2D eigenvalue weighted by Gasteiger charge is 2.28. The Kier molecular flexibility index (Phi) is 5.73. The van der Waals surface area contributed by atoms with Gasteiger partial charge in [0.15, 0.2) is 0 Å². The van der Waals surface area contributed by atoms with Crippen LogP contribution < -0.4 is 9.62 Å². The summed E-state index contributed by atoms with van der Waals surface area (Å²) in [6.45, 7) is 1.56. The van der Waals surface area contributed by atoms with E-state index < -0.39 is 27.8 Å². The minimum atomic E-state index is -3.76. The summed E-state index contributed by atoms with van der Waals surface area (Å²) in [6, 6.07) is 9.37. The summed E-state index contributed by atoms with van der Waals surface area (Å²) < 4.78 is 51.0. The largest absolute Gasteiger partial charge is 0.350 e. The quantitative estimate of drug-likeness (QED) is 0.852. The number of carbonyl (C=O) groups is 1. The second kappa shape index (κ2) is 7.60. The second-order valence-electron chi connectivity index (χ2n) is 5.56. The Hall–Kier alpha value is -2.48. The first kappa shape index (κ1) is 18.9. The van der Waals surface area contributed by atoms with Gasteiger partial charge in [-0.1, -0.05) is 12.1 Å². The molecule has 0 saturated heterocycles. The van der Waals surface area contributed by atoms with Crippen LogP contribution in [0.5, 0.6) is 0 Å². The fraction of sp³-hybridized carbons (Fsp3) is 0.235. The number of nitrogens with one attached hydrogen (secondary N) is 1. The average molecular weight is 368 g/mol. The van der Waals surface area contributed by atoms with E-state index >= 15 is 0 Å². The van der Waals surface area contributed by atoms with Gasteiger partial charge in [0.25, 0.3) is 0 Å². The van der Waals surface area contributed by atoms with Crippen LogP contribution in [-0.4, -0.2) is 26.6 Å². The van der Waals surface area contributed by atoms with E-state index in [1.807, 2.05) is 0 Å². The van der Waals surface area contributed by atoms with Gasteiger partial charge >= 0.3 is 0 Å². The molecule has 0 saturated carbocycles. The number of amides is 1. The van der Waals surface area contributed by atoms with Crippen LogP contribution in [0.3, 0.4) is 0 Å². The maximum Gasteiger partial charge on any atom is 0.243 e. The Bertz CT molecular complexity index is 837. The Balaban J connectivity index is 2.15. The fourth-order valence-corrected chi connectivity index (χ4v) is 3.51. The minimum Gasteiger partial charge on any atom is -0.350 e. The first-order valence-electron chi connectivity index (χ1n) is 7.45. The number of carbonyl (C=O) groups excluding carboxylic acids is 1. The maximum atomic E-state index is 13.1. The second-order valence-corrected chi connectivity index (χ2v) is 7.41. The molecule has 134 valence electrons. The summed E-state index contributed by atoms with van der Waals surface area (Å²) in [5.41, 5.74) is 0.864. The van der Waals surface area contributed by atoms with Crippen LogP contribution in [0.25, 0.3) is 0 Å². The number of benzene rings is 2. The van der Waals surface area contributed by atoms with E-state index in [0.717, 1.165) is 22.7 Å². The molecule has 1 amide bonds. The Morgan fingerprint density at radius 2 is 1.52 bits per heavy atom. The monoisotopic (exact) mass is 368 g/mol. The number of hydrogen-bond acceptors (Lipinski definition) is 3. The molecule has 0 aliphatic rings. The molecule has 2 rings (SSSR count). The van der Waals surface area contributed by atoms with E-state index in [1.165, 1.54) is 43.3 Å². The highest BCUT2D eigenvalue weighted by atomic mass is 32.2. The Morgan fingerprint density at radius 3 is 2.00 bits per heavy atom. The molecule has 0 radical (unpaired) electrons. The lowest BCUT2D eigenvalue weighted by molar-refractivity contribution is -0.122. The number of halogens is 2. The Morgan fingerprint density at radius 1 is 1.04 bits per heavy atom. The molecule has 0 heterocycles. The van der Waals surface area contributed by atoms with Crippen molar-refractivity contribution >= 4 is 21.6 Å². The van der Waals surface area contributed by atoms with Crippen molar-refractivity contribution in [2.45, 2.75) is 19.5 Å². The van der Waals surface area contributed by atoms with Crippen LogP contribution in [-0.2, 0) is 21.4 Å². The Labute approximate surface area is 145 Å². The van der Waals surface area contributed by atoms with E-state index in [4.69, 9.17) is 0 Å². The van der Waals surface area contributed by atoms with Gasteiger partial charge in [-0.2, -0.15) is 0 Å². The van der Waals surface area contributed by atoms with E-state index in [9.17, 15) is 22.0 Å². The van der Waals surface area contributed by atoms with Crippen molar-refractivity contribution in [2.75, 3.05) is 10.6 Å². The van der Waals surface area contributed by atoms with Crippen LogP contribution in [0.4, 0.5) is 14.5 Å². The van der Waals surface area contributed by atoms with Gasteiger partial charge < -0.3 is 5.32 Å². The molecule has 5 nitrogen and oxygen atoms in total. The third kappa shape index (κ3) is 4.99. The summed E-state index contributed by atoms with van der Waals surface area (Å²) >= 11 is 0. The van der Waals surface area contributed by atoms with Gasteiger partial charge in [0.2, 0.25) is 15.9 Å². The average Bonchev–Trinajstić information content (AvgIpc) is 2.54. The van der Waals surface area contributed by atoms with E-state index in [0.29, 0.717) is 5.56 Å². The van der Waals surface area contributed by atoms with Gasteiger partial charge in [0, 0.05) is 6.54 Å². The van der Waals surface area contributed by atoms with Crippen molar-refractivity contribution in [3.63, 3.8) is 0 Å². The third-order valence-electron chi connectivity index (χ3n) is 3.55. The van der Waals surface area contributed by atoms with Crippen LogP contribution in [0.15, 0.2) is 48.5 Å². The SMILES string of the molecule is CC(C(=O)NCc1ccc(F)cc1)N(c1ccc(F)cc1)S(C)(=O)=O. The number of rotatable bonds is 6. The first-order valence-corrected chi connectivity index (χ1v) is 9.30. The van der Waals surface area contributed by atoms with Gasteiger partial charge in [-0.05, 0) is 48.9 Å². The lowest BCUT2D eigenvalue weighted by Gasteiger charge is -2.28. The number of sulfonamides is 1. The molecule has 1 atom stereocenters. The summed E-state index contributed by atoms with van der Waals surface area (Å²) in [6.07, 6.45) is 0.972. The predicted octanol–water partition coefficient (Wildman–Crippen LogP) is 2.44. The molecular weight excluding hydrogens is 350 g/mol. The van der Waals surface area contributed by atoms with Crippen molar-refractivity contribution in [3.8, 4) is 0 Å². The molecule has 0 bridgehead atoms. The summed E-state index contributed by atoms with van der Waals surface area (Å²) in [7, 11) is -3.76. The van der Waals surface area contributed by atoms with E-state index in [2.05, 4.69) is 5.32 Å². The number of hydrogen-bond donors (Lipinski definition) is 1. The molecule has 2 aromatic rings. The van der Waals surface area contributed by atoms with Crippen molar-refractivity contribution in [3.05, 3.63) is 65.7 Å². The molecule has 8 heteroatoms.